The van der Waals surface area contributed by atoms with E-state index in [1.165, 1.54) is 12.8 Å². The van der Waals surface area contributed by atoms with Crippen LogP contribution in [-0.2, 0) is 11.3 Å². The SMILES string of the molecule is O=C(C=Cc1ccccc1)N(Cc1ccc2c(c1)OCO2)C1CCCC1. The monoisotopic (exact) mass is 349 g/mol. The second kappa shape index (κ2) is 7.65. The first-order valence-electron chi connectivity index (χ1n) is 9.22. The molecule has 2 aromatic carbocycles. The average molecular weight is 349 g/mol. The number of nitrogens with zero attached hydrogens (tertiary/aromatic N) is 1. The molecule has 0 saturated heterocycles. The van der Waals surface area contributed by atoms with E-state index in [1.54, 1.807) is 6.08 Å². The summed E-state index contributed by atoms with van der Waals surface area (Å²) in [5, 5.41) is 0. The molecule has 1 aliphatic carbocycles. The average Bonchev–Trinajstić information content (AvgIpc) is 3.36. The molecule has 0 radical (unpaired) electrons. The normalized spacial score (nSPS) is 16.3. The Hall–Kier alpha value is -2.75. The second-order valence-electron chi connectivity index (χ2n) is 6.84. The van der Waals surface area contributed by atoms with Crippen LogP contribution in [0.4, 0.5) is 0 Å². The predicted octanol–water partition coefficient (Wildman–Crippen LogP) is 4.40. The van der Waals surface area contributed by atoms with E-state index in [0.717, 1.165) is 35.5 Å². The summed E-state index contributed by atoms with van der Waals surface area (Å²) in [5.41, 5.74) is 2.11. The Morgan fingerprint density at radius 1 is 1.04 bits per heavy atom. The van der Waals surface area contributed by atoms with Gasteiger partial charge in [0, 0.05) is 18.7 Å². The molecule has 0 aromatic heterocycles. The lowest BCUT2D eigenvalue weighted by Gasteiger charge is -2.28. The number of carbonyl (C=O) groups excluding carboxylic acids is 1. The number of hydrogen-bond donors (Lipinski definition) is 0. The van der Waals surface area contributed by atoms with E-state index in [1.807, 2.05) is 59.5 Å². The van der Waals surface area contributed by atoms with E-state index in [-0.39, 0.29) is 12.7 Å². The highest BCUT2D eigenvalue weighted by molar-refractivity contribution is 5.92. The van der Waals surface area contributed by atoms with Gasteiger partial charge in [0.2, 0.25) is 12.7 Å². The zero-order chi connectivity index (χ0) is 17.8. The van der Waals surface area contributed by atoms with Crippen LogP contribution in [0.5, 0.6) is 11.5 Å². The van der Waals surface area contributed by atoms with E-state index < -0.39 is 0 Å². The van der Waals surface area contributed by atoms with Crippen molar-refractivity contribution >= 4 is 12.0 Å². The van der Waals surface area contributed by atoms with Gasteiger partial charge in [-0.2, -0.15) is 0 Å². The largest absolute Gasteiger partial charge is 0.454 e. The first-order chi connectivity index (χ1) is 12.8. The van der Waals surface area contributed by atoms with Crippen LogP contribution >= 0.6 is 0 Å². The summed E-state index contributed by atoms with van der Waals surface area (Å²) in [4.78, 5) is 14.9. The molecule has 26 heavy (non-hydrogen) atoms. The highest BCUT2D eigenvalue weighted by Crippen LogP contribution is 2.33. The van der Waals surface area contributed by atoms with Crippen molar-refractivity contribution in [2.75, 3.05) is 6.79 Å². The molecule has 0 atom stereocenters. The maximum Gasteiger partial charge on any atom is 0.247 e. The number of amides is 1. The zero-order valence-electron chi connectivity index (χ0n) is 14.8. The summed E-state index contributed by atoms with van der Waals surface area (Å²) in [6, 6.07) is 16.2. The lowest BCUT2D eigenvalue weighted by atomic mass is 10.1. The Balaban J connectivity index is 1.52. The Morgan fingerprint density at radius 2 is 1.81 bits per heavy atom. The van der Waals surface area contributed by atoms with E-state index in [4.69, 9.17) is 9.47 Å². The van der Waals surface area contributed by atoms with Crippen LogP contribution in [0.15, 0.2) is 54.6 Å². The van der Waals surface area contributed by atoms with Gasteiger partial charge in [-0.3, -0.25) is 4.79 Å². The first kappa shape index (κ1) is 16.7. The van der Waals surface area contributed by atoms with Gasteiger partial charge in [-0.05, 0) is 42.2 Å². The maximum atomic E-state index is 12.9. The van der Waals surface area contributed by atoms with Crippen molar-refractivity contribution in [2.24, 2.45) is 0 Å². The van der Waals surface area contributed by atoms with Crippen LogP contribution in [0.25, 0.3) is 6.08 Å². The molecule has 1 heterocycles. The van der Waals surface area contributed by atoms with Gasteiger partial charge >= 0.3 is 0 Å². The van der Waals surface area contributed by atoms with Crippen LogP contribution < -0.4 is 9.47 Å². The molecule has 4 rings (SSSR count). The van der Waals surface area contributed by atoms with E-state index in [9.17, 15) is 4.79 Å². The fourth-order valence-corrected chi connectivity index (χ4v) is 3.67. The third-order valence-corrected chi connectivity index (χ3v) is 5.06. The lowest BCUT2D eigenvalue weighted by molar-refractivity contribution is -0.128. The summed E-state index contributed by atoms with van der Waals surface area (Å²) in [5.74, 6) is 1.61. The zero-order valence-corrected chi connectivity index (χ0v) is 14.8. The van der Waals surface area contributed by atoms with Gasteiger partial charge in [-0.1, -0.05) is 49.2 Å². The summed E-state index contributed by atoms with van der Waals surface area (Å²) >= 11 is 0. The minimum atomic E-state index is 0.0680. The summed E-state index contributed by atoms with van der Waals surface area (Å²) in [6.45, 7) is 0.864. The summed E-state index contributed by atoms with van der Waals surface area (Å²) in [6.07, 6.45) is 8.13. The van der Waals surface area contributed by atoms with Crippen molar-refractivity contribution in [2.45, 2.75) is 38.3 Å². The molecule has 134 valence electrons. The fourth-order valence-electron chi connectivity index (χ4n) is 3.67. The Labute approximate surface area is 154 Å². The topological polar surface area (TPSA) is 38.8 Å². The maximum absolute atomic E-state index is 12.9. The molecule has 0 spiro atoms. The minimum absolute atomic E-state index is 0.0680. The highest BCUT2D eigenvalue weighted by atomic mass is 16.7. The van der Waals surface area contributed by atoms with Crippen molar-refractivity contribution < 1.29 is 14.3 Å². The van der Waals surface area contributed by atoms with Gasteiger partial charge in [0.25, 0.3) is 0 Å². The molecule has 0 unspecified atom stereocenters. The van der Waals surface area contributed by atoms with Crippen LogP contribution in [0.3, 0.4) is 0 Å². The molecule has 2 aromatic rings. The third kappa shape index (κ3) is 3.74. The Kier molecular flexibility index (Phi) is 4.91. The van der Waals surface area contributed by atoms with Gasteiger partial charge in [0.1, 0.15) is 0 Å². The number of ether oxygens (including phenoxy) is 2. The Morgan fingerprint density at radius 3 is 2.62 bits per heavy atom. The standard InChI is InChI=1S/C22H23NO3/c24-22(13-11-17-6-2-1-3-7-17)23(19-8-4-5-9-19)15-18-10-12-20-21(14-18)26-16-25-20/h1-3,6-7,10-14,19H,4-5,8-9,15-16H2. The summed E-state index contributed by atoms with van der Waals surface area (Å²) < 4.78 is 10.9. The molecule has 0 bridgehead atoms. The van der Waals surface area contributed by atoms with Crippen LogP contribution in [0, 0.1) is 0 Å². The molecule has 1 fully saturated rings. The van der Waals surface area contributed by atoms with E-state index in [2.05, 4.69) is 0 Å². The van der Waals surface area contributed by atoms with Gasteiger partial charge in [0.05, 0.1) is 0 Å². The Bertz CT molecular complexity index is 794. The van der Waals surface area contributed by atoms with Crippen molar-refractivity contribution in [1.29, 1.82) is 0 Å². The molecule has 1 amide bonds. The lowest BCUT2D eigenvalue weighted by Crippen LogP contribution is -2.37. The van der Waals surface area contributed by atoms with Crippen molar-refractivity contribution in [3.63, 3.8) is 0 Å². The molecule has 1 aliphatic heterocycles. The quantitative estimate of drug-likeness (QED) is 0.751. The number of carbonyl (C=O) groups is 1. The molecule has 2 aliphatic rings. The van der Waals surface area contributed by atoms with Gasteiger partial charge in [-0.15, -0.1) is 0 Å². The van der Waals surface area contributed by atoms with Gasteiger partial charge in [0.15, 0.2) is 11.5 Å². The highest BCUT2D eigenvalue weighted by Gasteiger charge is 2.26. The number of hydrogen-bond acceptors (Lipinski definition) is 3. The van der Waals surface area contributed by atoms with Crippen molar-refractivity contribution in [3.05, 3.63) is 65.7 Å². The molecule has 4 nitrogen and oxygen atoms in total. The van der Waals surface area contributed by atoms with Crippen molar-refractivity contribution in [1.82, 2.24) is 4.90 Å². The minimum Gasteiger partial charge on any atom is -0.454 e. The van der Waals surface area contributed by atoms with E-state index in [0.29, 0.717) is 12.6 Å². The number of rotatable bonds is 5. The number of fused-ring (bicyclic) bond motifs is 1. The molecule has 0 N–H and O–H groups in total. The number of benzene rings is 2. The van der Waals surface area contributed by atoms with Crippen LogP contribution in [0.2, 0.25) is 0 Å². The van der Waals surface area contributed by atoms with E-state index >= 15 is 0 Å². The smallest absolute Gasteiger partial charge is 0.247 e. The molecular formula is C22H23NO3. The third-order valence-electron chi connectivity index (χ3n) is 5.06. The fraction of sp³-hybridized carbons (Fsp3) is 0.318. The predicted molar refractivity (Wildman–Crippen MR) is 101 cm³/mol. The first-order valence-corrected chi connectivity index (χ1v) is 9.22. The molecule has 4 heteroatoms. The molecular weight excluding hydrogens is 326 g/mol. The van der Waals surface area contributed by atoms with Gasteiger partial charge < -0.3 is 14.4 Å². The van der Waals surface area contributed by atoms with Crippen LogP contribution in [0.1, 0.15) is 36.8 Å². The van der Waals surface area contributed by atoms with Gasteiger partial charge in [-0.25, -0.2) is 0 Å². The van der Waals surface area contributed by atoms with Crippen LogP contribution in [-0.4, -0.2) is 23.6 Å². The molecule has 1 saturated carbocycles. The van der Waals surface area contributed by atoms with Crippen molar-refractivity contribution in [3.8, 4) is 11.5 Å². The second-order valence-corrected chi connectivity index (χ2v) is 6.84. The summed E-state index contributed by atoms with van der Waals surface area (Å²) in [7, 11) is 0.